The van der Waals surface area contributed by atoms with Gasteiger partial charge in [-0.05, 0) is 31.7 Å². The number of nitrogens with zero attached hydrogens (tertiary/aromatic N) is 1. The van der Waals surface area contributed by atoms with E-state index in [9.17, 15) is 8.78 Å². The predicted molar refractivity (Wildman–Crippen MR) is 58.0 cm³/mol. The maximum atomic E-state index is 12.9. The summed E-state index contributed by atoms with van der Waals surface area (Å²) < 4.78 is 25.5. The third-order valence-corrected chi connectivity index (χ3v) is 2.14. The van der Waals surface area contributed by atoms with Gasteiger partial charge in [0.15, 0.2) is 11.6 Å². The molecule has 0 aliphatic rings. The van der Waals surface area contributed by atoms with Crippen molar-refractivity contribution >= 4 is 11.6 Å². The van der Waals surface area contributed by atoms with E-state index in [0.717, 1.165) is 11.6 Å². The van der Waals surface area contributed by atoms with Gasteiger partial charge in [0.05, 0.1) is 0 Å². The second kappa shape index (κ2) is 5.42. The Bertz CT molecular complexity index is 328. The van der Waals surface area contributed by atoms with Crippen LogP contribution in [0.1, 0.15) is 12.5 Å². The molecular formula is C11H14ClF2N. The van der Waals surface area contributed by atoms with E-state index < -0.39 is 11.6 Å². The summed E-state index contributed by atoms with van der Waals surface area (Å²) in [4.78, 5) is 1.96. The number of halogens is 3. The van der Waals surface area contributed by atoms with Gasteiger partial charge in [0.1, 0.15) is 0 Å². The summed E-state index contributed by atoms with van der Waals surface area (Å²) in [6, 6.07) is 3.93. The van der Waals surface area contributed by atoms with Crippen LogP contribution in [0.5, 0.6) is 0 Å². The first-order chi connectivity index (χ1) is 6.99. The molecule has 0 spiro atoms. The molecule has 1 nitrogen and oxygen atoms in total. The Balaban J connectivity index is 2.60. The van der Waals surface area contributed by atoms with Crippen molar-refractivity contribution in [2.75, 3.05) is 13.6 Å². The summed E-state index contributed by atoms with van der Waals surface area (Å²) in [6.07, 6.45) is 0. The lowest BCUT2D eigenvalue weighted by molar-refractivity contribution is 0.329. The molecule has 15 heavy (non-hydrogen) atoms. The van der Waals surface area contributed by atoms with Crippen LogP contribution in [0.15, 0.2) is 18.2 Å². The predicted octanol–water partition coefficient (Wildman–Crippen LogP) is 3.02. The van der Waals surface area contributed by atoms with E-state index in [1.54, 1.807) is 6.07 Å². The standard InChI is InChI=1S/C11H14ClF2N/c1-8(12)6-15(2)7-9-3-4-10(13)11(14)5-9/h3-5,8H,6-7H2,1-2H3. The fraction of sp³-hybridized carbons (Fsp3) is 0.455. The minimum Gasteiger partial charge on any atom is -0.301 e. The summed E-state index contributed by atoms with van der Waals surface area (Å²) in [7, 11) is 1.89. The van der Waals surface area contributed by atoms with E-state index in [2.05, 4.69) is 0 Å². The SMILES string of the molecule is CC(Cl)CN(C)Cc1ccc(F)c(F)c1. The van der Waals surface area contributed by atoms with Crippen molar-refractivity contribution in [2.24, 2.45) is 0 Å². The minimum absolute atomic E-state index is 0.0419. The third-order valence-electron chi connectivity index (χ3n) is 2.00. The van der Waals surface area contributed by atoms with E-state index >= 15 is 0 Å². The van der Waals surface area contributed by atoms with Crippen molar-refractivity contribution in [2.45, 2.75) is 18.8 Å². The highest BCUT2D eigenvalue weighted by Gasteiger charge is 2.06. The molecule has 1 unspecified atom stereocenters. The van der Waals surface area contributed by atoms with Crippen molar-refractivity contribution in [1.29, 1.82) is 0 Å². The molecule has 1 rings (SSSR count). The average Bonchev–Trinajstić information content (AvgIpc) is 2.10. The van der Waals surface area contributed by atoms with Crippen molar-refractivity contribution in [3.05, 3.63) is 35.4 Å². The molecule has 0 saturated carbocycles. The molecule has 0 aliphatic carbocycles. The maximum Gasteiger partial charge on any atom is 0.159 e. The topological polar surface area (TPSA) is 3.24 Å². The summed E-state index contributed by atoms with van der Waals surface area (Å²) >= 11 is 5.82. The van der Waals surface area contributed by atoms with Crippen molar-refractivity contribution < 1.29 is 8.78 Å². The summed E-state index contributed by atoms with van der Waals surface area (Å²) in [5, 5.41) is 0.0419. The summed E-state index contributed by atoms with van der Waals surface area (Å²) in [5.41, 5.74) is 0.744. The number of rotatable bonds is 4. The third kappa shape index (κ3) is 4.14. The van der Waals surface area contributed by atoms with Crippen LogP contribution in [0.2, 0.25) is 0 Å². The quantitative estimate of drug-likeness (QED) is 0.723. The lowest BCUT2D eigenvalue weighted by atomic mass is 10.2. The zero-order valence-corrected chi connectivity index (χ0v) is 9.56. The number of hydrogen-bond donors (Lipinski definition) is 0. The van der Waals surface area contributed by atoms with Gasteiger partial charge in [0.2, 0.25) is 0 Å². The Morgan fingerprint density at radius 1 is 1.33 bits per heavy atom. The molecule has 0 saturated heterocycles. The van der Waals surface area contributed by atoms with Gasteiger partial charge in [-0.1, -0.05) is 6.07 Å². The molecule has 0 aromatic heterocycles. The number of benzene rings is 1. The van der Waals surface area contributed by atoms with Gasteiger partial charge in [0, 0.05) is 18.5 Å². The van der Waals surface area contributed by atoms with Crippen LogP contribution in [-0.2, 0) is 6.54 Å². The summed E-state index contributed by atoms with van der Waals surface area (Å²) in [6.45, 7) is 3.16. The number of alkyl halides is 1. The molecule has 0 fully saturated rings. The van der Waals surface area contributed by atoms with Crippen LogP contribution in [-0.4, -0.2) is 23.9 Å². The Labute approximate surface area is 93.7 Å². The van der Waals surface area contributed by atoms with Gasteiger partial charge in [-0.25, -0.2) is 8.78 Å². The average molecular weight is 234 g/mol. The highest BCUT2D eigenvalue weighted by molar-refractivity contribution is 6.20. The summed E-state index contributed by atoms with van der Waals surface area (Å²) in [5.74, 6) is -1.62. The van der Waals surface area contributed by atoms with Gasteiger partial charge in [-0.15, -0.1) is 11.6 Å². The smallest absolute Gasteiger partial charge is 0.159 e. The molecule has 0 N–H and O–H groups in total. The van der Waals surface area contributed by atoms with Crippen molar-refractivity contribution in [1.82, 2.24) is 4.90 Å². The lowest BCUT2D eigenvalue weighted by Gasteiger charge is -2.17. The highest BCUT2D eigenvalue weighted by atomic mass is 35.5. The fourth-order valence-corrected chi connectivity index (χ4v) is 1.68. The molecule has 4 heteroatoms. The van der Waals surface area contributed by atoms with Crippen LogP contribution >= 0.6 is 11.6 Å². The van der Waals surface area contributed by atoms with Crippen molar-refractivity contribution in [3.63, 3.8) is 0 Å². The second-order valence-corrected chi connectivity index (χ2v) is 4.47. The molecule has 84 valence electrons. The van der Waals surface area contributed by atoms with Gasteiger partial charge < -0.3 is 4.90 Å². The monoisotopic (exact) mass is 233 g/mol. The Morgan fingerprint density at radius 2 is 2.00 bits per heavy atom. The Kier molecular flexibility index (Phi) is 4.48. The van der Waals surface area contributed by atoms with Gasteiger partial charge in [0.25, 0.3) is 0 Å². The van der Waals surface area contributed by atoms with Crippen molar-refractivity contribution in [3.8, 4) is 0 Å². The molecule has 0 aliphatic heterocycles. The first-order valence-electron chi connectivity index (χ1n) is 4.75. The zero-order chi connectivity index (χ0) is 11.4. The molecule has 0 heterocycles. The molecule has 0 radical (unpaired) electrons. The second-order valence-electron chi connectivity index (χ2n) is 3.73. The first-order valence-corrected chi connectivity index (χ1v) is 5.19. The van der Waals surface area contributed by atoms with E-state index in [1.165, 1.54) is 6.07 Å². The van der Waals surface area contributed by atoms with E-state index in [4.69, 9.17) is 11.6 Å². The van der Waals surface area contributed by atoms with Crippen LogP contribution in [0, 0.1) is 11.6 Å². The van der Waals surface area contributed by atoms with Gasteiger partial charge >= 0.3 is 0 Å². The molecule has 1 aromatic carbocycles. The number of hydrogen-bond acceptors (Lipinski definition) is 1. The lowest BCUT2D eigenvalue weighted by Crippen LogP contribution is -2.24. The Hall–Kier alpha value is -0.670. The van der Waals surface area contributed by atoms with Crippen LogP contribution in [0.25, 0.3) is 0 Å². The zero-order valence-electron chi connectivity index (χ0n) is 8.80. The first kappa shape index (κ1) is 12.4. The fourth-order valence-electron chi connectivity index (χ4n) is 1.44. The van der Waals surface area contributed by atoms with E-state index in [-0.39, 0.29) is 5.38 Å². The van der Waals surface area contributed by atoms with Gasteiger partial charge in [-0.3, -0.25) is 0 Å². The molecule has 0 amide bonds. The normalized spacial score (nSPS) is 13.2. The maximum absolute atomic E-state index is 12.9. The van der Waals surface area contributed by atoms with Crippen LogP contribution < -0.4 is 0 Å². The van der Waals surface area contributed by atoms with Crippen LogP contribution in [0.3, 0.4) is 0 Å². The molecule has 1 atom stereocenters. The molecular weight excluding hydrogens is 220 g/mol. The van der Waals surface area contributed by atoms with Gasteiger partial charge in [-0.2, -0.15) is 0 Å². The van der Waals surface area contributed by atoms with E-state index in [1.807, 2.05) is 18.9 Å². The molecule has 0 bridgehead atoms. The Morgan fingerprint density at radius 3 is 2.53 bits per heavy atom. The largest absolute Gasteiger partial charge is 0.301 e. The van der Waals surface area contributed by atoms with Crippen LogP contribution in [0.4, 0.5) is 8.78 Å². The highest BCUT2D eigenvalue weighted by Crippen LogP contribution is 2.11. The van der Waals surface area contributed by atoms with E-state index in [0.29, 0.717) is 13.1 Å². The molecule has 1 aromatic rings. The minimum atomic E-state index is -0.813.